The number of hydrogen-bond acceptors (Lipinski definition) is 4. The molecule has 0 atom stereocenters. The summed E-state index contributed by atoms with van der Waals surface area (Å²) in [6.07, 6.45) is 0. The van der Waals surface area contributed by atoms with Crippen LogP contribution in [0.15, 0.2) is 28.2 Å². The van der Waals surface area contributed by atoms with Crippen molar-refractivity contribution >= 4 is 33.0 Å². The molecule has 1 heterocycles. The van der Waals surface area contributed by atoms with Gasteiger partial charge < -0.3 is 4.90 Å². The van der Waals surface area contributed by atoms with E-state index in [0.29, 0.717) is 5.56 Å². The summed E-state index contributed by atoms with van der Waals surface area (Å²) < 4.78 is 0.829. The van der Waals surface area contributed by atoms with Crippen LogP contribution in [0.4, 0.5) is 5.69 Å². The highest BCUT2D eigenvalue weighted by Crippen LogP contribution is 2.25. The molecule has 0 fully saturated rings. The summed E-state index contributed by atoms with van der Waals surface area (Å²) in [5.41, 5.74) is 4.68. The fourth-order valence-electron chi connectivity index (χ4n) is 1.62. The Morgan fingerprint density at radius 2 is 2.28 bits per heavy atom. The number of aromatic nitrogens is 1. The topological polar surface area (TPSA) is 39.9 Å². The molecule has 3 nitrogen and oxygen atoms in total. The van der Waals surface area contributed by atoms with Gasteiger partial charge in [0.25, 0.3) is 0 Å². The number of rotatable bonds is 3. The third-order valence-corrected chi connectivity index (χ3v) is 4.32. The molecule has 0 aliphatic rings. The van der Waals surface area contributed by atoms with Crippen LogP contribution in [0.25, 0.3) is 0 Å². The highest BCUT2D eigenvalue weighted by molar-refractivity contribution is 9.10. The third kappa shape index (κ3) is 2.71. The van der Waals surface area contributed by atoms with Crippen LogP contribution in [-0.4, -0.2) is 12.0 Å². The van der Waals surface area contributed by atoms with Gasteiger partial charge in [-0.2, -0.15) is 5.26 Å². The normalized spacial score (nSPS) is 10.1. The molecule has 0 aliphatic carbocycles. The molecule has 0 spiro atoms. The summed E-state index contributed by atoms with van der Waals surface area (Å²) >= 11 is 5.08. The van der Waals surface area contributed by atoms with Crippen molar-refractivity contribution in [2.75, 3.05) is 11.9 Å². The summed E-state index contributed by atoms with van der Waals surface area (Å²) in [5, 5.41) is 8.89. The van der Waals surface area contributed by atoms with Crippen molar-refractivity contribution in [2.45, 2.75) is 13.5 Å². The Morgan fingerprint density at radius 3 is 2.83 bits per heavy atom. The molecule has 2 aromatic rings. The Labute approximate surface area is 119 Å². The fraction of sp³-hybridized carbons (Fsp3) is 0.231. The Balaban J connectivity index is 2.19. The Bertz CT molecular complexity index is 601. The lowest BCUT2D eigenvalue weighted by molar-refractivity contribution is 0.925. The molecular formula is C13H12BrN3S. The van der Waals surface area contributed by atoms with E-state index in [1.54, 1.807) is 11.3 Å². The van der Waals surface area contributed by atoms with Crippen LogP contribution in [0.1, 0.15) is 16.1 Å². The van der Waals surface area contributed by atoms with Crippen LogP contribution < -0.4 is 4.90 Å². The monoisotopic (exact) mass is 321 g/mol. The number of nitriles is 1. The summed E-state index contributed by atoms with van der Waals surface area (Å²) in [5.74, 6) is 0. The molecule has 0 aliphatic heterocycles. The summed E-state index contributed by atoms with van der Waals surface area (Å²) in [6, 6.07) is 7.90. The maximum Gasteiger partial charge on any atom is 0.100 e. The zero-order valence-electron chi connectivity index (χ0n) is 10.1. The molecule has 92 valence electrons. The van der Waals surface area contributed by atoms with Crippen LogP contribution >= 0.6 is 27.3 Å². The van der Waals surface area contributed by atoms with Crippen molar-refractivity contribution in [3.63, 3.8) is 0 Å². The lowest BCUT2D eigenvalue weighted by Gasteiger charge is -2.19. The number of halogens is 1. The Morgan fingerprint density at radius 1 is 1.50 bits per heavy atom. The molecule has 2 rings (SSSR count). The number of anilines is 1. The Hall–Kier alpha value is -1.38. The van der Waals surface area contributed by atoms with Gasteiger partial charge in [0.1, 0.15) is 6.07 Å². The van der Waals surface area contributed by atoms with Gasteiger partial charge in [0, 0.05) is 22.1 Å². The molecule has 0 saturated heterocycles. The SMILES string of the molecule is Cc1ncsc1CN(C)c1ccc(C#N)c(Br)c1. The van der Waals surface area contributed by atoms with Crippen molar-refractivity contribution in [2.24, 2.45) is 0 Å². The fourth-order valence-corrected chi connectivity index (χ4v) is 2.90. The second-order valence-electron chi connectivity index (χ2n) is 3.99. The molecule has 0 N–H and O–H groups in total. The molecule has 18 heavy (non-hydrogen) atoms. The predicted molar refractivity (Wildman–Crippen MR) is 77.8 cm³/mol. The molecular weight excluding hydrogens is 310 g/mol. The average Bonchev–Trinajstić information content (AvgIpc) is 2.75. The molecule has 0 saturated carbocycles. The minimum atomic E-state index is 0.654. The zero-order chi connectivity index (χ0) is 13.1. The molecule has 0 unspecified atom stereocenters. The third-order valence-electron chi connectivity index (χ3n) is 2.74. The molecule has 0 radical (unpaired) electrons. The lowest BCUT2D eigenvalue weighted by atomic mass is 10.2. The standard InChI is InChI=1S/C13H12BrN3S/c1-9-13(18-8-16-9)7-17(2)11-4-3-10(6-15)12(14)5-11/h3-5,8H,7H2,1-2H3. The molecule has 1 aromatic carbocycles. The Kier molecular flexibility index (Phi) is 4.00. The minimum absolute atomic E-state index is 0.654. The summed E-state index contributed by atoms with van der Waals surface area (Å²) in [6.45, 7) is 2.85. The second-order valence-corrected chi connectivity index (χ2v) is 5.79. The number of hydrogen-bond donors (Lipinski definition) is 0. The minimum Gasteiger partial charge on any atom is -0.369 e. The van der Waals surface area contributed by atoms with Crippen molar-refractivity contribution < 1.29 is 0 Å². The largest absolute Gasteiger partial charge is 0.369 e. The van der Waals surface area contributed by atoms with E-state index in [-0.39, 0.29) is 0 Å². The highest BCUT2D eigenvalue weighted by atomic mass is 79.9. The first kappa shape index (κ1) is 13.1. The van der Waals surface area contributed by atoms with Crippen molar-refractivity contribution in [1.82, 2.24) is 4.98 Å². The molecule has 5 heteroatoms. The number of thiazole rings is 1. The van der Waals surface area contributed by atoms with Gasteiger partial charge in [0.2, 0.25) is 0 Å². The number of benzene rings is 1. The van der Waals surface area contributed by atoms with E-state index in [1.165, 1.54) is 4.88 Å². The summed E-state index contributed by atoms with van der Waals surface area (Å²) in [7, 11) is 2.03. The maximum absolute atomic E-state index is 8.89. The van der Waals surface area contributed by atoms with Crippen molar-refractivity contribution in [1.29, 1.82) is 5.26 Å². The number of nitrogens with zero attached hydrogens (tertiary/aromatic N) is 3. The lowest BCUT2D eigenvalue weighted by Crippen LogP contribution is -2.16. The first-order valence-electron chi connectivity index (χ1n) is 5.41. The first-order valence-corrected chi connectivity index (χ1v) is 7.09. The number of aryl methyl sites for hydroxylation is 1. The van der Waals surface area contributed by atoms with Gasteiger partial charge in [-0.05, 0) is 41.1 Å². The van der Waals surface area contributed by atoms with E-state index >= 15 is 0 Å². The van der Waals surface area contributed by atoms with Gasteiger partial charge in [0.15, 0.2) is 0 Å². The smallest absolute Gasteiger partial charge is 0.100 e. The van der Waals surface area contributed by atoms with Gasteiger partial charge in [-0.15, -0.1) is 11.3 Å². The van der Waals surface area contributed by atoms with Crippen LogP contribution in [-0.2, 0) is 6.54 Å². The molecule has 1 aromatic heterocycles. The maximum atomic E-state index is 8.89. The van der Waals surface area contributed by atoms with Gasteiger partial charge in [-0.1, -0.05) is 0 Å². The zero-order valence-corrected chi connectivity index (χ0v) is 12.5. The average molecular weight is 322 g/mol. The summed E-state index contributed by atoms with van der Waals surface area (Å²) in [4.78, 5) is 7.66. The van der Waals surface area contributed by atoms with Crippen LogP contribution in [0, 0.1) is 18.3 Å². The van der Waals surface area contributed by atoms with E-state index in [1.807, 2.05) is 37.7 Å². The predicted octanol–water partition coefficient (Wildman–Crippen LogP) is 3.72. The van der Waals surface area contributed by atoms with Crippen LogP contribution in [0.2, 0.25) is 0 Å². The van der Waals surface area contributed by atoms with Crippen LogP contribution in [0.3, 0.4) is 0 Å². The van der Waals surface area contributed by atoms with Crippen molar-refractivity contribution in [3.05, 3.63) is 44.3 Å². The van der Waals surface area contributed by atoms with E-state index in [9.17, 15) is 0 Å². The first-order chi connectivity index (χ1) is 8.61. The quantitative estimate of drug-likeness (QED) is 0.864. The van der Waals surface area contributed by atoms with Crippen molar-refractivity contribution in [3.8, 4) is 6.07 Å². The second kappa shape index (κ2) is 5.51. The van der Waals surface area contributed by atoms with Gasteiger partial charge in [0.05, 0.1) is 23.3 Å². The van der Waals surface area contributed by atoms with E-state index < -0.39 is 0 Å². The van der Waals surface area contributed by atoms with Gasteiger partial charge >= 0.3 is 0 Å². The van der Waals surface area contributed by atoms with E-state index in [2.05, 4.69) is 31.9 Å². The highest BCUT2D eigenvalue weighted by Gasteiger charge is 2.08. The van der Waals surface area contributed by atoms with Crippen LogP contribution in [0.5, 0.6) is 0 Å². The van der Waals surface area contributed by atoms with E-state index in [0.717, 1.165) is 22.4 Å². The van der Waals surface area contributed by atoms with Gasteiger partial charge in [-0.25, -0.2) is 4.98 Å². The molecule has 0 bridgehead atoms. The van der Waals surface area contributed by atoms with Gasteiger partial charge in [-0.3, -0.25) is 0 Å². The van der Waals surface area contributed by atoms with E-state index in [4.69, 9.17) is 5.26 Å². The molecule has 0 amide bonds.